The Morgan fingerprint density at radius 3 is 2.82 bits per heavy atom. The molecule has 3 N–H and O–H groups in total. The number of hydrogen-bond acceptors (Lipinski definition) is 6. The van der Waals surface area contributed by atoms with E-state index in [0.717, 1.165) is 0 Å². The monoisotopic (exact) mass is 468 g/mol. The number of nitrogens with zero attached hydrogens (tertiary/aromatic N) is 3. The molecule has 0 bridgehead atoms. The highest BCUT2D eigenvalue weighted by atomic mass is 35.5. The summed E-state index contributed by atoms with van der Waals surface area (Å²) >= 11 is 5.87. The zero-order valence-electron chi connectivity index (χ0n) is 17.2. The molecule has 11 heteroatoms. The molecular weight excluding hydrogens is 451 g/mol. The molecule has 2 aromatic heterocycles. The van der Waals surface area contributed by atoms with E-state index in [1.165, 1.54) is 24.5 Å². The fourth-order valence-corrected chi connectivity index (χ4v) is 3.86. The standard InChI is InChI=1S/C22H18ClFN6O3/c23-15-10-13(1-3-16(15)24)28-19-18-14(21(31)29-20(18)26-11-25-19)9-12-2-4-17(27-12)22(32)30-5-7-33-8-6-30/h1-4,9-11,27H,5-8H2,(H2,25,26,28,29,31)/b14-9+. The molecule has 33 heavy (non-hydrogen) atoms. The fourth-order valence-electron chi connectivity index (χ4n) is 3.68. The number of H-pyrrole nitrogens is 1. The van der Waals surface area contributed by atoms with Crippen molar-refractivity contribution >= 4 is 52.4 Å². The predicted molar refractivity (Wildman–Crippen MR) is 121 cm³/mol. The van der Waals surface area contributed by atoms with E-state index >= 15 is 0 Å². The number of carbonyl (C=O) groups is 2. The van der Waals surface area contributed by atoms with E-state index < -0.39 is 5.82 Å². The number of fused-ring (bicyclic) bond motifs is 1. The molecule has 0 aliphatic carbocycles. The second kappa shape index (κ2) is 8.64. The van der Waals surface area contributed by atoms with Crippen molar-refractivity contribution in [1.82, 2.24) is 19.9 Å². The van der Waals surface area contributed by atoms with Crippen LogP contribution in [0.2, 0.25) is 5.02 Å². The number of aromatic amines is 1. The van der Waals surface area contributed by atoms with E-state index in [9.17, 15) is 14.0 Å². The van der Waals surface area contributed by atoms with E-state index in [1.807, 2.05) is 0 Å². The molecule has 0 radical (unpaired) electrons. The summed E-state index contributed by atoms with van der Waals surface area (Å²) in [5, 5.41) is 5.72. The van der Waals surface area contributed by atoms with Crippen LogP contribution in [0.1, 0.15) is 21.7 Å². The van der Waals surface area contributed by atoms with Crippen molar-refractivity contribution in [3.8, 4) is 0 Å². The summed E-state index contributed by atoms with van der Waals surface area (Å²) in [5.74, 6) is -0.335. The van der Waals surface area contributed by atoms with Gasteiger partial charge in [0.25, 0.3) is 11.8 Å². The Kier molecular flexibility index (Phi) is 5.53. The molecule has 9 nitrogen and oxygen atoms in total. The minimum absolute atomic E-state index is 0.0421. The van der Waals surface area contributed by atoms with E-state index in [4.69, 9.17) is 16.3 Å². The van der Waals surface area contributed by atoms with Crippen molar-refractivity contribution < 1.29 is 18.7 Å². The van der Waals surface area contributed by atoms with Crippen LogP contribution in [0.4, 0.5) is 21.7 Å². The van der Waals surface area contributed by atoms with Gasteiger partial charge in [0.15, 0.2) is 0 Å². The third-order valence-electron chi connectivity index (χ3n) is 5.31. The second-order valence-corrected chi connectivity index (χ2v) is 7.85. The third-order valence-corrected chi connectivity index (χ3v) is 5.60. The van der Waals surface area contributed by atoms with Crippen LogP contribution < -0.4 is 10.6 Å². The number of benzene rings is 1. The molecule has 3 aromatic rings. The van der Waals surface area contributed by atoms with Gasteiger partial charge in [0.2, 0.25) is 0 Å². The SMILES string of the molecule is O=C1Nc2ncnc(Nc3ccc(F)c(Cl)c3)c2/C1=C\c1ccc(C(=O)N2CCOCC2)[nH]1. The van der Waals surface area contributed by atoms with E-state index in [1.54, 1.807) is 23.1 Å². The molecule has 4 heterocycles. The second-order valence-electron chi connectivity index (χ2n) is 7.44. The lowest BCUT2D eigenvalue weighted by Gasteiger charge is -2.26. The van der Waals surface area contributed by atoms with Gasteiger partial charge in [0.05, 0.1) is 29.4 Å². The number of hydrogen-bond donors (Lipinski definition) is 3. The number of nitrogens with one attached hydrogen (secondary N) is 3. The largest absolute Gasteiger partial charge is 0.378 e. The molecule has 168 valence electrons. The van der Waals surface area contributed by atoms with Crippen LogP contribution in [-0.4, -0.2) is 58.0 Å². The lowest BCUT2D eigenvalue weighted by Crippen LogP contribution is -2.40. The van der Waals surface area contributed by atoms with Crippen molar-refractivity contribution in [1.29, 1.82) is 0 Å². The van der Waals surface area contributed by atoms with Crippen molar-refractivity contribution in [3.63, 3.8) is 0 Å². The smallest absolute Gasteiger partial charge is 0.270 e. The average Bonchev–Trinajstić information content (AvgIpc) is 3.41. The summed E-state index contributed by atoms with van der Waals surface area (Å²) in [4.78, 5) is 38.5. The summed E-state index contributed by atoms with van der Waals surface area (Å²) in [6, 6.07) is 7.57. The zero-order chi connectivity index (χ0) is 22.9. The zero-order valence-corrected chi connectivity index (χ0v) is 17.9. The van der Waals surface area contributed by atoms with Crippen LogP contribution >= 0.6 is 11.6 Å². The van der Waals surface area contributed by atoms with Crippen LogP contribution in [0.5, 0.6) is 0 Å². The Morgan fingerprint density at radius 1 is 1.21 bits per heavy atom. The van der Waals surface area contributed by atoms with E-state index in [-0.39, 0.29) is 16.8 Å². The lowest BCUT2D eigenvalue weighted by molar-refractivity contribution is -0.110. The van der Waals surface area contributed by atoms with Crippen LogP contribution in [0.3, 0.4) is 0 Å². The summed E-state index contributed by atoms with van der Waals surface area (Å²) in [6.45, 7) is 2.08. The van der Waals surface area contributed by atoms with Gasteiger partial charge < -0.3 is 25.3 Å². The number of rotatable bonds is 4. The van der Waals surface area contributed by atoms with Crippen LogP contribution in [-0.2, 0) is 9.53 Å². The quantitative estimate of drug-likeness (QED) is 0.506. The van der Waals surface area contributed by atoms with Gasteiger partial charge in [-0.1, -0.05) is 11.6 Å². The van der Waals surface area contributed by atoms with Crippen LogP contribution in [0.25, 0.3) is 11.6 Å². The highest BCUT2D eigenvalue weighted by Gasteiger charge is 2.30. The maximum Gasteiger partial charge on any atom is 0.270 e. The first-order valence-electron chi connectivity index (χ1n) is 10.2. The fraction of sp³-hybridized carbons (Fsp3) is 0.182. The summed E-state index contributed by atoms with van der Waals surface area (Å²) < 4.78 is 18.8. The molecule has 5 rings (SSSR count). The maximum absolute atomic E-state index is 13.5. The first kappa shape index (κ1) is 21.1. The number of aromatic nitrogens is 3. The number of carbonyl (C=O) groups excluding carboxylic acids is 2. The van der Waals surface area contributed by atoms with Crippen molar-refractivity contribution in [2.24, 2.45) is 0 Å². The Balaban J connectivity index is 1.45. The normalized spacial score (nSPS) is 16.6. The molecule has 1 fully saturated rings. The molecule has 2 amide bonds. The van der Waals surface area contributed by atoms with Gasteiger partial charge in [-0.05, 0) is 36.4 Å². The van der Waals surface area contributed by atoms with Gasteiger partial charge in [0.1, 0.15) is 29.5 Å². The molecule has 1 aromatic carbocycles. The predicted octanol–water partition coefficient (Wildman–Crippen LogP) is 3.31. The van der Waals surface area contributed by atoms with Gasteiger partial charge in [-0.3, -0.25) is 9.59 Å². The summed E-state index contributed by atoms with van der Waals surface area (Å²) in [7, 11) is 0. The molecule has 2 aliphatic rings. The average molecular weight is 469 g/mol. The highest BCUT2D eigenvalue weighted by Crippen LogP contribution is 2.37. The number of anilines is 3. The highest BCUT2D eigenvalue weighted by molar-refractivity contribution is 6.35. The van der Waals surface area contributed by atoms with Gasteiger partial charge in [-0.15, -0.1) is 0 Å². The van der Waals surface area contributed by atoms with Gasteiger partial charge in [-0.2, -0.15) is 0 Å². The Morgan fingerprint density at radius 2 is 2.03 bits per heavy atom. The topological polar surface area (TPSA) is 112 Å². The number of amides is 2. The minimum atomic E-state index is -0.540. The Bertz CT molecular complexity index is 1280. The van der Waals surface area contributed by atoms with Crippen molar-refractivity contribution in [3.05, 3.63) is 64.5 Å². The number of halogens is 2. The van der Waals surface area contributed by atoms with E-state index in [0.29, 0.717) is 66.2 Å². The van der Waals surface area contributed by atoms with Gasteiger partial charge >= 0.3 is 0 Å². The van der Waals surface area contributed by atoms with Crippen molar-refractivity contribution in [2.75, 3.05) is 36.9 Å². The first-order chi connectivity index (χ1) is 16.0. The van der Waals surface area contributed by atoms with Crippen LogP contribution in [0, 0.1) is 5.82 Å². The Hall–Kier alpha value is -3.76. The third kappa shape index (κ3) is 4.18. The number of ether oxygens (including phenoxy) is 1. The molecule has 2 aliphatic heterocycles. The molecule has 0 saturated carbocycles. The molecule has 0 unspecified atom stereocenters. The maximum atomic E-state index is 13.5. The molecular formula is C22H18ClFN6O3. The van der Waals surface area contributed by atoms with E-state index in [2.05, 4.69) is 25.6 Å². The summed E-state index contributed by atoms with van der Waals surface area (Å²) in [5.41, 5.74) is 2.27. The molecule has 0 atom stereocenters. The number of morpholine rings is 1. The van der Waals surface area contributed by atoms with Crippen molar-refractivity contribution in [2.45, 2.75) is 0 Å². The molecule has 1 saturated heterocycles. The lowest BCUT2D eigenvalue weighted by atomic mass is 10.1. The molecule has 0 spiro atoms. The summed E-state index contributed by atoms with van der Waals surface area (Å²) in [6.07, 6.45) is 2.94. The van der Waals surface area contributed by atoms with Gasteiger partial charge in [0, 0.05) is 24.5 Å². The van der Waals surface area contributed by atoms with Crippen LogP contribution in [0.15, 0.2) is 36.7 Å². The minimum Gasteiger partial charge on any atom is -0.378 e. The first-order valence-corrected chi connectivity index (χ1v) is 10.5. The van der Waals surface area contributed by atoms with Gasteiger partial charge in [-0.25, -0.2) is 14.4 Å². The Labute approximate surface area is 192 Å².